The zero-order chi connectivity index (χ0) is 11.2. The molecular weight excluding hydrogens is 205 g/mol. The molecule has 5 nitrogen and oxygen atoms in total. The summed E-state index contributed by atoms with van der Waals surface area (Å²) in [5.74, 6) is -0.350. The molecule has 6 heteroatoms. The number of ketones is 1. The van der Waals surface area contributed by atoms with Crippen molar-refractivity contribution in [3.8, 4) is 0 Å². The van der Waals surface area contributed by atoms with E-state index in [0.717, 1.165) is 0 Å². The zero-order valence-corrected chi connectivity index (χ0v) is 9.33. The summed E-state index contributed by atoms with van der Waals surface area (Å²) in [7, 11) is -0.813. The van der Waals surface area contributed by atoms with Gasteiger partial charge in [-0.05, 0) is 6.42 Å². The second kappa shape index (κ2) is 6.09. The van der Waals surface area contributed by atoms with Crippen molar-refractivity contribution in [1.29, 1.82) is 0 Å². The van der Waals surface area contributed by atoms with Crippen LogP contribution < -0.4 is 5.73 Å². The van der Waals surface area contributed by atoms with Crippen LogP contribution in [-0.4, -0.2) is 32.2 Å². The number of carbonyl (C=O) groups is 1. The summed E-state index contributed by atoms with van der Waals surface area (Å²) in [5.41, 5.74) is 5.49. The van der Waals surface area contributed by atoms with E-state index in [4.69, 9.17) is 5.73 Å². The Balaban J connectivity index is 4.29. The summed E-state index contributed by atoms with van der Waals surface area (Å²) in [4.78, 5) is 11.4. The Morgan fingerprint density at radius 3 is 2.43 bits per heavy atom. The third-order valence-electron chi connectivity index (χ3n) is 1.74. The molecule has 14 heavy (non-hydrogen) atoms. The van der Waals surface area contributed by atoms with Crippen molar-refractivity contribution in [3.05, 3.63) is 12.7 Å². The van der Waals surface area contributed by atoms with Crippen molar-refractivity contribution in [3.63, 3.8) is 0 Å². The summed E-state index contributed by atoms with van der Waals surface area (Å²) < 4.78 is 20.8. The number of rotatable bonds is 7. The highest BCUT2D eigenvalue weighted by Gasteiger charge is 2.27. The van der Waals surface area contributed by atoms with Gasteiger partial charge in [-0.15, -0.1) is 6.58 Å². The third kappa shape index (κ3) is 4.15. The van der Waals surface area contributed by atoms with E-state index in [1.54, 1.807) is 0 Å². The molecule has 0 saturated heterocycles. The quantitative estimate of drug-likeness (QED) is 0.511. The Morgan fingerprint density at radius 1 is 1.57 bits per heavy atom. The van der Waals surface area contributed by atoms with E-state index in [-0.39, 0.29) is 11.9 Å². The van der Waals surface area contributed by atoms with Gasteiger partial charge < -0.3 is 14.8 Å². The van der Waals surface area contributed by atoms with Gasteiger partial charge in [-0.3, -0.25) is 9.36 Å². The molecule has 0 radical (unpaired) electrons. The van der Waals surface area contributed by atoms with Crippen molar-refractivity contribution < 1.29 is 18.4 Å². The molecule has 0 bridgehead atoms. The predicted molar refractivity (Wildman–Crippen MR) is 54.3 cm³/mol. The van der Waals surface area contributed by atoms with Crippen LogP contribution in [0.3, 0.4) is 0 Å². The van der Waals surface area contributed by atoms with E-state index in [1.807, 2.05) is 0 Å². The van der Waals surface area contributed by atoms with Crippen molar-refractivity contribution in [2.75, 3.05) is 20.4 Å². The molecule has 0 aromatic carbocycles. The maximum Gasteiger partial charge on any atom is 0.337 e. The minimum Gasteiger partial charge on any atom is -0.321 e. The summed E-state index contributed by atoms with van der Waals surface area (Å²) >= 11 is 0. The summed E-state index contributed by atoms with van der Waals surface area (Å²) in [6.45, 7) is 3.46. The third-order valence-corrected chi connectivity index (χ3v) is 3.55. The molecule has 0 spiro atoms. The molecule has 0 aromatic rings. The Bertz CT molecular complexity index is 246. The largest absolute Gasteiger partial charge is 0.337 e. The lowest BCUT2D eigenvalue weighted by Crippen LogP contribution is -2.32. The highest BCUT2D eigenvalue weighted by atomic mass is 31.2. The number of hydrogen-bond donors (Lipinski definition) is 1. The first-order chi connectivity index (χ1) is 6.49. The van der Waals surface area contributed by atoms with E-state index in [0.29, 0.717) is 6.42 Å². The molecule has 0 rings (SSSR count). The number of hydrogen-bond acceptors (Lipinski definition) is 5. The Labute approximate surface area is 83.8 Å². The summed E-state index contributed by atoms with van der Waals surface area (Å²) in [5, 5.41) is 0. The van der Waals surface area contributed by atoms with Gasteiger partial charge in [0, 0.05) is 14.2 Å². The van der Waals surface area contributed by atoms with E-state index in [2.05, 4.69) is 15.6 Å². The van der Waals surface area contributed by atoms with Gasteiger partial charge in [0.1, 0.15) is 6.16 Å². The lowest BCUT2D eigenvalue weighted by Gasteiger charge is -2.14. The van der Waals surface area contributed by atoms with Gasteiger partial charge in [0.2, 0.25) is 0 Å². The first kappa shape index (κ1) is 13.5. The smallest absolute Gasteiger partial charge is 0.321 e. The highest BCUT2D eigenvalue weighted by molar-refractivity contribution is 7.54. The molecule has 0 aliphatic carbocycles. The van der Waals surface area contributed by atoms with Crippen LogP contribution in [0.4, 0.5) is 0 Å². The Morgan fingerprint density at radius 2 is 2.07 bits per heavy atom. The fraction of sp³-hybridized carbons (Fsp3) is 0.625. The van der Waals surface area contributed by atoms with Crippen LogP contribution in [0.25, 0.3) is 0 Å². The topological polar surface area (TPSA) is 78.6 Å². The maximum absolute atomic E-state index is 11.5. The Kier molecular flexibility index (Phi) is 5.88. The van der Waals surface area contributed by atoms with Crippen LogP contribution >= 0.6 is 7.60 Å². The molecule has 0 amide bonds. The van der Waals surface area contributed by atoms with E-state index in [9.17, 15) is 9.36 Å². The monoisotopic (exact) mass is 221 g/mol. The normalized spacial score (nSPS) is 13.6. The molecule has 0 aliphatic heterocycles. The Hall–Kier alpha value is -0.480. The molecule has 0 heterocycles. The van der Waals surface area contributed by atoms with Crippen LogP contribution in [0, 0.1) is 0 Å². The lowest BCUT2D eigenvalue weighted by molar-refractivity contribution is -0.118. The second-order valence-electron chi connectivity index (χ2n) is 2.73. The van der Waals surface area contributed by atoms with Gasteiger partial charge >= 0.3 is 7.60 Å². The predicted octanol–water partition coefficient (Wildman–Crippen LogP) is 0.945. The van der Waals surface area contributed by atoms with Gasteiger partial charge in [0.25, 0.3) is 0 Å². The zero-order valence-electron chi connectivity index (χ0n) is 8.43. The maximum atomic E-state index is 11.5. The first-order valence-electron chi connectivity index (χ1n) is 4.08. The molecule has 1 atom stereocenters. The van der Waals surface area contributed by atoms with Gasteiger partial charge in [-0.2, -0.15) is 0 Å². The summed E-state index contributed by atoms with van der Waals surface area (Å²) in [6, 6.07) is -0.689. The van der Waals surface area contributed by atoms with Crippen molar-refractivity contribution in [2.45, 2.75) is 12.5 Å². The molecule has 0 saturated carbocycles. The van der Waals surface area contributed by atoms with Gasteiger partial charge in [-0.25, -0.2) is 0 Å². The first-order valence-corrected chi connectivity index (χ1v) is 5.81. The van der Waals surface area contributed by atoms with Crippen molar-refractivity contribution in [2.24, 2.45) is 5.73 Å². The minimum absolute atomic E-state index is 0.297. The van der Waals surface area contributed by atoms with Crippen molar-refractivity contribution in [1.82, 2.24) is 0 Å². The second-order valence-corrected chi connectivity index (χ2v) is 5.00. The van der Waals surface area contributed by atoms with Crippen LogP contribution in [0.1, 0.15) is 6.42 Å². The van der Waals surface area contributed by atoms with Crippen LogP contribution in [0.15, 0.2) is 12.7 Å². The molecule has 2 N–H and O–H groups in total. The minimum atomic E-state index is -3.28. The van der Waals surface area contributed by atoms with Gasteiger partial charge in [0.15, 0.2) is 5.78 Å². The molecule has 82 valence electrons. The molecule has 0 fully saturated rings. The number of nitrogens with two attached hydrogens (primary N) is 1. The van der Waals surface area contributed by atoms with Crippen LogP contribution in [0.5, 0.6) is 0 Å². The van der Waals surface area contributed by atoms with Crippen molar-refractivity contribution >= 4 is 13.4 Å². The lowest BCUT2D eigenvalue weighted by atomic mass is 10.1. The average molecular weight is 221 g/mol. The fourth-order valence-electron chi connectivity index (χ4n) is 0.823. The van der Waals surface area contributed by atoms with E-state index < -0.39 is 13.6 Å². The van der Waals surface area contributed by atoms with Crippen LogP contribution in [0.2, 0.25) is 0 Å². The number of Topliss-reactive ketones (excluding diaryl/α,β-unsaturated/α-hetero) is 1. The molecule has 0 unspecified atom stereocenters. The SMILES string of the molecule is C=CC[C@H](N)C(=O)CP(=O)(OC)OC. The van der Waals surface area contributed by atoms with Gasteiger partial charge in [-0.1, -0.05) is 6.08 Å². The molecule has 0 aromatic heterocycles. The number of carbonyl (C=O) groups excluding carboxylic acids is 1. The van der Waals surface area contributed by atoms with Crippen LogP contribution in [-0.2, 0) is 18.4 Å². The average Bonchev–Trinajstić information content (AvgIpc) is 2.18. The summed E-state index contributed by atoms with van der Waals surface area (Å²) in [6.07, 6.45) is 1.59. The van der Waals surface area contributed by atoms with E-state index >= 15 is 0 Å². The molecular formula is C8H16NO4P. The van der Waals surface area contributed by atoms with E-state index in [1.165, 1.54) is 20.3 Å². The molecule has 0 aliphatic rings. The van der Waals surface area contributed by atoms with Gasteiger partial charge in [0.05, 0.1) is 6.04 Å². The highest BCUT2D eigenvalue weighted by Crippen LogP contribution is 2.46. The fourth-order valence-corrected chi connectivity index (χ4v) is 1.85. The standard InChI is InChI=1S/C8H16NO4P/c1-4-5-7(9)8(10)6-14(11,12-2)13-3/h4,7H,1,5-6,9H2,2-3H3/t7-/m0/s1.